The molecule has 0 radical (unpaired) electrons. The molecule has 126 valence electrons. The van der Waals surface area contributed by atoms with Gasteiger partial charge in [-0.25, -0.2) is 4.79 Å². The summed E-state index contributed by atoms with van der Waals surface area (Å²) >= 11 is 1.40. The number of amides is 3. The molecule has 3 amide bonds. The number of urea groups is 1. The number of hydrogen-bond donors (Lipinski definition) is 3. The monoisotopic (exact) mass is 345 g/mol. The molecule has 1 aliphatic carbocycles. The zero-order valence-electron chi connectivity index (χ0n) is 13.5. The number of hydrogen-bond acceptors (Lipinski definition) is 5. The second kappa shape index (κ2) is 6.96. The molecule has 1 saturated carbocycles. The highest BCUT2D eigenvalue weighted by Crippen LogP contribution is 2.42. The fourth-order valence-corrected chi connectivity index (χ4v) is 3.06. The van der Waals surface area contributed by atoms with Crippen LogP contribution in [0.3, 0.4) is 0 Å². The first-order chi connectivity index (χ1) is 11.5. The van der Waals surface area contributed by atoms with Gasteiger partial charge in [0.1, 0.15) is 5.01 Å². The fourth-order valence-electron chi connectivity index (χ4n) is 2.16. The normalized spacial score (nSPS) is 13.6. The predicted octanol–water partition coefficient (Wildman–Crippen LogP) is 3.20. The molecule has 0 aliphatic heterocycles. The summed E-state index contributed by atoms with van der Waals surface area (Å²) in [6, 6.07) is 6.51. The topological polar surface area (TPSA) is 96.0 Å². The van der Waals surface area contributed by atoms with Gasteiger partial charge in [-0.15, -0.1) is 10.2 Å². The van der Waals surface area contributed by atoms with Crippen molar-refractivity contribution in [1.82, 2.24) is 15.5 Å². The maximum atomic E-state index is 12.5. The lowest BCUT2D eigenvalue weighted by Gasteiger charge is -2.13. The first kappa shape index (κ1) is 16.4. The second-order valence-corrected chi connectivity index (χ2v) is 6.98. The van der Waals surface area contributed by atoms with Crippen molar-refractivity contribution in [3.05, 3.63) is 34.8 Å². The van der Waals surface area contributed by atoms with Crippen molar-refractivity contribution >= 4 is 34.1 Å². The molecule has 3 N–H and O–H groups in total. The minimum absolute atomic E-state index is 0.00762. The van der Waals surface area contributed by atoms with Gasteiger partial charge in [0.2, 0.25) is 5.13 Å². The van der Waals surface area contributed by atoms with Crippen LogP contribution in [0.25, 0.3) is 0 Å². The molecule has 1 aromatic heterocycles. The Morgan fingerprint density at radius 1 is 1.17 bits per heavy atom. The zero-order valence-corrected chi connectivity index (χ0v) is 14.3. The molecule has 0 saturated heterocycles. The van der Waals surface area contributed by atoms with E-state index < -0.39 is 0 Å². The van der Waals surface area contributed by atoms with Gasteiger partial charge in [-0.3, -0.25) is 10.1 Å². The van der Waals surface area contributed by atoms with Crippen molar-refractivity contribution in [1.29, 1.82) is 0 Å². The van der Waals surface area contributed by atoms with E-state index in [9.17, 15) is 9.59 Å². The lowest BCUT2D eigenvalue weighted by Crippen LogP contribution is -2.34. The number of carbonyl (C=O) groups is 2. The number of anilines is 2. The Hall–Kier alpha value is -2.48. The van der Waals surface area contributed by atoms with Crippen LogP contribution in [0.1, 0.15) is 48.0 Å². The van der Waals surface area contributed by atoms with Crippen molar-refractivity contribution in [3.63, 3.8) is 0 Å². The van der Waals surface area contributed by atoms with Crippen LogP contribution in [0.15, 0.2) is 24.3 Å². The van der Waals surface area contributed by atoms with E-state index in [1.165, 1.54) is 11.3 Å². The van der Waals surface area contributed by atoms with Gasteiger partial charge in [0.05, 0.1) is 11.3 Å². The molecule has 1 heterocycles. The summed E-state index contributed by atoms with van der Waals surface area (Å²) in [5, 5.41) is 17.7. The molecule has 0 spiro atoms. The molecular formula is C16H19N5O2S. The van der Waals surface area contributed by atoms with Gasteiger partial charge in [-0.1, -0.05) is 23.5 Å². The van der Waals surface area contributed by atoms with Gasteiger partial charge in [0, 0.05) is 12.0 Å². The molecule has 7 nitrogen and oxygen atoms in total. The lowest BCUT2D eigenvalue weighted by molar-refractivity contribution is 0.102. The summed E-state index contributed by atoms with van der Waals surface area (Å²) in [7, 11) is 0. The minimum Gasteiger partial charge on any atom is -0.336 e. The van der Waals surface area contributed by atoms with Crippen LogP contribution in [0.2, 0.25) is 0 Å². The Kier molecular flexibility index (Phi) is 4.75. The first-order valence-electron chi connectivity index (χ1n) is 7.84. The van der Waals surface area contributed by atoms with E-state index in [2.05, 4.69) is 26.1 Å². The maximum Gasteiger partial charge on any atom is 0.319 e. The Morgan fingerprint density at radius 3 is 2.62 bits per heavy atom. The van der Waals surface area contributed by atoms with E-state index in [1.807, 2.05) is 13.8 Å². The Bertz CT molecular complexity index is 754. The summed E-state index contributed by atoms with van der Waals surface area (Å²) in [4.78, 5) is 24.4. The predicted molar refractivity (Wildman–Crippen MR) is 93.6 cm³/mol. The Morgan fingerprint density at radius 2 is 1.92 bits per heavy atom. The molecule has 0 unspecified atom stereocenters. The fraction of sp³-hybridized carbons (Fsp3) is 0.375. The van der Waals surface area contributed by atoms with E-state index >= 15 is 0 Å². The highest BCUT2D eigenvalue weighted by molar-refractivity contribution is 7.15. The summed E-state index contributed by atoms with van der Waals surface area (Å²) in [6.07, 6.45) is 2.28. The van der Waals surface area contributed by atoms with Crippen molar-refractivity contribution in [3.8, 4) is 0 Å². The van der Waals surface area contributed by atoms with Gasteiger partial charge in [0.25, 0.3) is 5.91 Å². The third-order valence-electron chi connectivity index (χ3n) is 3.43. The molecule has 0 bridgehead atoms. The first-order valence-corrected chi connectivity index (χ1v) is 8.66. The molecule has 8 heteroatoms. The number of rotatable bonds is 5. The van der Waals surface area contributed by atoms with Gasteiger partial charge in [-0.2, -0.15) is 0 Å². The summed E-state index contributed by atoms with van der Waals surface area (Å²) in [5.41, 5.74) is 0.819. The van der Waals surface area contributed by atoms with E-state index in [4.69, 9.17) is 0 Å². The molecule has 1 fully saturated rings. The third-order valence-corrected chi connectivity index (χ3v) is 4.43. The zero-order chi connectivity index (χ0) is 17.1. The number of carbonyl (C=O) groups excluding carboxylic acids is 2. The standard InChI is InChI=1S/C16H19N5O2S/c1-9(2)17-15(23)18-12-6-4-3-5-11(12)13(22)19-16-21-20-14(24-16)10-7-8-10/h3-6,9-10H,7-8H2,1-2H3,(H2,17,18,23)(H,19,21,22). The summed E-state index contributed by atoms with van der Waals surface area (Å²) in [6.45, 7) is 3.73. The number of nitrogens with one attached hydrogen (secondary N) is 3. The molecule has 2 aromatic rings. The van der Waals surface area contributed by atoms with E-state index in [1.54, 1.807) is 24.3 Å². The van der Waals surface area contributed by atoms with Crippen LogP contribution in [0, 0.1) is 0 Å². The number of para-hydroxylation sites is 1. The van der Waals surface area contributed by atoms with Crippen molar-refractivity contribution in [2.45, 2.75) is 38.6 Å². The lowest BCUT2D eigenvalue weighted by atomic mass is 10.1. The summed E-state index contributed by atoms with van der Waals surface area (Å²) in [5.74, 6) is 0.177. The molecule has 3 rings (SSSR count). The van der Waals surface area contributed by atoms with Crippen LogP contribution >= 0.6 is 11.3 Å². The van der Waals surface area contributed by atoms with Gasteiger partial charge in [-0.05, 0) is 38.8 Å². The Labute approximate surface area is 143 Å². The number of benzene rings is 1. The van der Waals surface area contributed by atoms with Crippen molar-refractivity contribution < 1.29 is 9.59 Å². The largest absolute Gasteiger partial charge is 0.336 e. The van der Waals surface area contributed by atoms with Gasteiger partial charge in [0.15, 0.2) is 0 Å². The van der Waals surface area contributed by atoms with Crippen molar-refractivity contribution in [2.24, 2.45) is 0 Å². The van der Waals surface area contributed by atoms with Gasteiger partial charge >= 0.3 is 6.03 Å². The Balaban J connectivity index is 1.70. The number of nitrogens with zero attached hydrogens (tertiary/aromatic N) is 2. The SMILES string of the molecule is CC(C)NC(=O)Nc1ccccc1C(=O)Nc1nnc(C2CC2)s1. The average Bonchev–Trinajstić information content (AvgIpc) is 3.27. The highest BCUT2D eigenvalue weighted by Gasteiger charge is 2.28. The molecule has 0 atom stereocenters. The van der Waals surface area contributed by atoms with E-state index in [-0.39, 0.29) is 18.0 Å². The van der Waals surface area contributed by atoms with Crippen LogP contribution in [0.5, 0.6) is 0 Å². The molecule has 1 aromatic carbocycles. The van der Waals surface area contributed by atoms with Crippen LogP contribution < -0.4 is 16.0 Å². The van der Waals surface area contributed by atoms with Gasteiger partial charge < -0.3 is 10.6 Å². The van der Waals surface area contributed by atoms with E-state index in [0.717, 1.165) is 17.8 Å². The van der Waals surface area contributed by atoms with Crippen LogP contribution in [-0.2, 0) is 0 Å². The van der Waals surface area contributed by atoms with Crippen molar-refractivity contribution in [2.75, 3.05) is 10.6 Å². The highest BCUT2D eigenvalue weighted by atomic mass is 32.1. The molecular weight excluding hydrogens is 326 g/mol. The smallest absolute Gasteiger partial charge is 0.319 e. The minimum atomic E-state index is -0.350. The third kappa shape index (κ3) is 4.08. The quantitative estimate of drug-likeness (QED) is 0.775. The number of aromatic nitrogens is 2. The molecule has 24 heavy (non-hydrogen) atoms. The van der Waals surface area contributed by atoms with Crippen LogP contribution in [-0.4, -0.2) is 28.2 Å². The average molecular weight is 345 g/mol. The van der Waals surface area contributed by atoms with E-state index in [0.29, 0.717) is 22.3 Å². The molecule has 1 aliphatic rings. The van der Waals surface area contributed by atoms with Crippen LogP contribution in [0.4, 0.5) is 15.6 Å². The maximum absolute atomic E-state index is 12.5. The summed E-state index contributed by atoms with van der Waals surface area (Å²) < 4.78 is 0. The second-order valence-electron chi connectivity index (χ2n) is 5.97.